The SMILES string of the molecule is CCCC[C@H]1CC[C@H](C(OC(c2ccc(-c3ncc(CCC)cn3)cc2)[C@H]2CC[C@H](CCCC)CC2)c2ccc(-c3ncc(CCC)cn3)cc2)CC1. The second-order valence-electron chi connectivity index (χ2n) is 16.4. The van der Waals surface area contributed by atoms with Crippen molar-refractivity contribution in [2.24, 2.45) is 23.7 Å². The molecule has 0 spiro atoms. The molecule has 2 unspecified atom stereocenters. The average Bonchev–Trinajstić information content (AvgIpc) is 3.21. The first-order valence-electron chi connectivity index (χ1n) is 21.6. The van der Waals surface area contributed by atoms with E-state index in [0.29, 0.717) is 11.8 Å². The zero-order valence-corrected chi connectivity index (χ0v) is 33.3. The Bertz CT molecular complexity index is 1480. The number of ether oxygens (including phenoxy) is 1. The molecule has 2 aliphatic carbocycles. The van der Waals surface area contributed by atoms with Gasteiger partial charge in [0.1, 0.15) is 0 Å². The van der Waals surface area contributed by atoms with E-state index in [1.54, 1.807) is 0 Å². The molecular formula is C48H66N4O. The molecular weight excluding hydrogens is 649 g/mol. The van der Waals surface area contributed by atoms with Crippen molar-refractivity contribution in [2.75, 3.05) is 0 Å². The third kappa shape index (κ3) is 10.8. The smallest absolute Gasteiger partial charge is 0.159 e. The summed E-state index contributed by atoms with van der Waals surface area (Å²) in [7, 11) is 0. The summed E-state index contributed by atoms with van der Waals surface area (Å²) in [5, 5.41) is 0. The first kappa shape index (κ1) is 39.3. The van der Waals surface area contributed by atoms with Gasteiger partial charge in [0.25, 0.3) is 0 Å². The Hall–Kier alpha value is -3.44. The highest BCUT2D eigenvalue weighted by atomic mass is 16.5. The number of benzene rings is 2. The quantitative estimate of drug-likeness (QED) is 0.103. The molecule has 2 aromatic carbocycles. The number of aromatic nitrogens is 4. The number of rotatable bonds is 18. The highest BCUT2D eigenvalue weighted by Crippen LogP contribution is 2.47. The molecule has 4 aromatic rings. The second kappa shape index (κ2) is 20.3. The molecule has 0 amide bonds. The fourth-order valence-electron chi connectivity index (χ4n) is 9.11. The lowest BCUT2D eigenvalue weighted by atomic mass is 9.74. The van der Waals surface area contributed by atoms with Crippen LogP contribution in [-0.4, -0.2) is 19.9 Å². The van der Waals surface area contributed by atoms with Crippen LogP contribution in [-0.2, 0) is 17.6 Å². The molecule has 2 saturated carbocycles. The van der Waals surface area contributed by atoms with Gasteiger partial charge in [0.2, 0.25) is 0 Å². The molecule has 5 heteroatoms. The zero-order valence-electron chi connectivity index (χ0n) is 33.3. The van der Waals surface area contributed by atoms with Crippen molar-refractivity contribution in [1.82, 2.24) is 19.9 Å². The molecule has 284 valence electrons. The van der Waals surface area contributed by atoms with Gasteiger partial charge in [-0.3, -0.25) is 0 Å². The number of hydrogen-bond donors (Lipinski definition) is 0. The van der Waals surface area contributed by atoms with Crippen LogP contribution in [0.2, 0.25) is 0 Å². The first-order valence-corrected chi connectivity index (χ1v) is 21.6. The van der Waals surface area contributed by atoms with Gasteiger partial charge >= 0.3 is 0 Å². The first-order chi connectivity index (χ1) is 26.1. The Labute approximate surface area is 321 Å². The summed E-state index contributed by atoms with van der Waals surface area (Å²) >= 11 is 0. The van der Waals surface area contributed by atoms with Crippen LogP contribution in [0.1, 0.15) is 165 Å². The normalized spacial score (nSPS) is 21.7. The largest absolute Gasteiger partial charge is 0.365 e. The molecule has 0 N–H and O–H groups in total. The molecule has 0 radical (unpaired) electrons. The van der Waals surface area contributed by atoms with E-state index in [1.807, 2.05) is 24.8 Å². The molecule has 2 fully saturated rings. The summed E-state index contributed by atoms with van der Waals surface area (Å²) in [6, 6.07) is 18.1. The zero-order chi connectivity index (χ0) is 36.8. The Morgan fingerprint density at radius 3 is 1.17 bits per heavy atom. The van der Waals surface area contributed by atoms with Crippen LogP contribution >= 0.6 is 0 Å². The van der Waals surface area contributed by atoms with Crippen LogP contribution in [0.15, 0.2) is 73.3 Å². The number of hydrogen-bond acceptors (Lipinski definition) is 5. The van der Waals surface area contributed by atoms with Crippen molar-refractivity contribution in [3.63, 3.8) is 0 Å². The van der Waals surface area contributed by atoms with E-state index in [4.69, 9.17) is 24.7 Å². The maximum Gasteiger partial charge on any atom is 0.159 e. The van der Waals surface area contributed by atoms with Crippen LogP contribution in [0.5, 0.6) is 0 Å². The van der Waals surface area contributed by atoms with E-state index in [1.165, 1.54) is 112 Å². The maximum atomic E-state index is 7.65. The van der Waals surface area contributed by atoms with Crippen molar-refractivity contribution >= 4 is 0 Å². The molecule has 2 heterocycles. The van der Waals surface area contributed by atoms with Crippen molar-refractivity contribution in [3.8, 4) is 22.8 Å². The van der Waals surface area contributed by atoms with E-state index in [2.05, 4.69) is 76.2 Å². The lowest BCUT2D eigenvalue weighted by molar-refractivity contribution is -0.0907. The van der Waals surface area contributed by atoms with Gasteiger partial charge in [-0.2, -0.15) is 0 Å². The number of aryl methyl sites for hydroxylation is 2. The van der Waals surface area contributed by atoms with Crippen LogP contribution in [0.3, 0.4) is 0 Å². The van der Waals surface area contributed by atoms with Gasteiger partial charge in [-0.15, -0.1) is 0 Å². The molecule has 6 rings (SSSR count). The molecule has 2 aromatic heterocycles. The summed E-state index contributed by atoms with van der Waals surface area (Å²) < 4.78 is 7.65. The highest BCUT2D eigenvalue weighted by molar-refractivity contribution is 5.56. The van der Waals surface area contributed by atoms with Crippen LogP contribution in [0.4, 0.5) is 0 Å². The van der Waals surface area contributed by atoms with Crippen LogP contribution in [0.25, 0.3) is 22.8 Å². The van der Waals surface area contributed by atoms with Crippen molar-refractivity contribution in [3.05, 3.63) is 95.6 Å². The summed E-state index contributed by atoms with van der Waals surface area (Å²) in [6.45, 7) is 9.04. The molecule has 0 saturated heterocycles. The molecule has 2 atom stereocenters. The highest BCUT2D eigenvalue weighted by Gasteiger charge is 2.36. The molecule has 53 heavy (non-hydrogen) atoms. The predicted octanol–water partition coefficient (Wildman–Crippen LogP) is 13.3. The summed E-state index contributed by atoms with van der Waals surface area (Å²) in [5.74, 6) is 4.35. The van der Waals surface area contributed by atoms with Crippen molar-refractivity contribution in [2.45, 2.75) is 155 Å². The number of nitrogens with zero attached hydrogens (tertiary/aromatic N) is 4. The fraction of sp³-hybridized carbons (Fsp3) is 0.583. The molecule has 5 nitrogen and oxygen atoms in total. The van der Waals surface area contributed by atoms with Crippen LogP contribution in [0, 0.1) is 23.7 Å². The van der Waals surface area contributed by atoms with E-state index >= 15 is 0 Å². The average molecular weight is 715 g/mol. The minimum Gasteiger partial charge on any atom is -0.365 e. The lowest BCUT2D eigenvalue weighted by Gasteiger charge is -2.40. The number of unbranched alkanes of at least 4 members (excludes halogenated alkanes) is 2. The van der Waals surface area contributed by atoms with E-state index < -0.39 is 0 Å². The van der Waals surface area contributed by atoms with E-state index in [9.17, 15) is 0 Å². The van der Waals surface area contributed by atoms with Gasteiger partial charge < -0.3 is 4.74 Å². The Balaban J connectivity index is 1.28. The minimum absolute atomic E-state index is 0.0564. The topological polar surface area (TPSA) is 60.8 Å². The summed E-state index contributed by atoms with van der Waals surface area (Å²) in [5.41, 5.74) is 7.14. The fourth-order valence-corrected chi connectivity index (χ4v) is 9.11. The maximum absolute atomic E-state index is 7.65. The van der Waals surface area contributed by atoms with Gasteiger partial charge in [0.05, 0.1) is 12.2 Å². The van der Waals surface area contributed by atoms with Crippen LogP contribution < -0.4 is 0 Å². The predicted molar refractivity (Wildman–Crippen MR) is 219 cm³/mol. The monoisotopic (exact) mass is 715 g/mol. The van der Waals surface area contributed by atoms with Gasteiger partial charge in [0.15, 0.2) is 11.6 Å². The Kier molecular flexibility index (Phi) is 15.0. The molecule has 2 aliphatic rings. The van der Waals surface area contributed by atoms with Crippen molar-refractivity contribution in [1.29, 1.82) is 0 Å². The molecule has 0 bridgehead atoms. The Morgan fingerprint density at radius 2 is 0.849 bits per heavy atom. The lowest BCUT2D eigenvalue weighted by Crippen LogP contribution is -2.28. The Morgan fingerprint density at radius 1 is 0.491 bits per heavy atom. The van der Waals surface area contributed by atoms with Gasteiger partial charge in [-0.05, 0) is 84.5 Å². The standard InChI is InChI=1S/C48H66N4O/c1-5-9-13-35-15-19-39(20-16-35)45(41-23-27-43(28-24-41)47-49-31-37(11-7-3)32-50-47)53-46(40-21-17-36(18-22-40)14-10-6-2)42-25-29-44(30-26-42)48-51-33-38(12-8-4)34-52-48/h23-36,39-40,45-46H,5-22H2,1-4H3/t35-,36-,39-,40-,45?,46?. The third-order valence-corrected chi connectivity index (χ3v) is 12.3. The summed E-state index contributed by atoms with van der Waals surface area (Å²) in [4.78, 5) is 18.9. The second-order valence-corrected chi connectivity index (χ2v) is 16.4. The molecule has 0 aliphatic heterocycles. The van der Waals surface area contributed by atoms with Gasteiger partial charge in [-0.1, -0.05) is 153 Å². The van der Waals surface area contributed by atoms with Gasteiger partial charge in [-0.25, -0.2) is 19.9 Å². The van der Waals surface area contributed by atoms with Crippen molar-refractivity contribution < 1.29 is 4.74 Å². The third-order valence-electron chi connectivity index (χ3n) is 12.3. The van der Waals surface area contributed by atoms with E-state index in [-0.39, 0.29) is 12.2 Å². The van der Waals surface area contributed by atoms with Gasteiger partial charge in [0, 0.05) is 35.9 Å². The van der Waals surface area contributed by atoms with E-state index in [0.717, 1.165) is 60.3 Å². The summed E-state index contributed by atoms with van der Waals surface area (Å²) in [6.07, 6.45) is 30.6. The minimum atomic E-state index is 0.0564.